The minimum Gasteiger partial charge on any atom is -0.333 e. The van der Waals surface area contributed by atoms with Crippen LogP contribution < -0.4 is 5.56 Å². The zero-order valence-corrected chi connectivity index (χ0v) is 12.4. The van der Waals surface area contributed by atoms with Gasteiger partial charge in [-0.05, 0) is 44.8 Å². The normalized spacial score (nSPS) is 10.8. The highest BCUT2D eigenvalue weighted by atomic mass is 79.9. The number of nitrogens with zero attached hydrogens (tertiary/aromatic N) is 3. The van der Waals surface area contributed by atoms with E-state index in [1.54, 1.807) is 23.0 Å². The lowest BCUT2D eigenvalue weighted by Crippen LogP contribution is -2.22. The summed E-state index contributed by atoms with van der Waals surface area (Å²) in [6.45, 7) is 3.29. The fraction of sp³-hybridized carbons (Fsp3) is 0.273. The van der Waals surface area contributed by atoms with Crippen molar-refractivity contribution in [3.05, 3.63) is 49.8 Å². The van der Waals surface area contributed by atoms with Crippen LogP contribution in [0.4, 0.5) is 0 Å². The van der Waals surface area contributed by atoms with Crippen LogP contribution in [-0.2, 0) is 13.1 Å². The molecule has 2 aromatic rings. The second kappa shape index (κ2) is 5.18. The van der Waals surface area contributed by atoms with Gasteiger partial charge in [0.05, 0.1) is 4.47 Å². The van der Waals surface area contributed by atoms with Gasteiger partial charge in [0, 0.05) is 36.2 Å². The number of pyridine rings is 1. The molecule has 4 nitrogen and oxygen atoms in total. The molecule has 0 spiro atoms. The summed E-state index contributed by atoms with van der Waals surface area (Å²) in [5.74, 6) is 0.951. The van der Waals surface area contributed by atoms with Crippen LogP contribution in [0.5, 0.6) is 0 Å². The molecule has 6 heteroatoms. The maximum atomic E-state index is 11.8. The van der Waals surface area contributed by atoms with Crippen molar-refractivity contribution in [1.29, 1.82) is 0 Å². The Bertz CT molecular complexity index is 589. The fourth-order valence-corrected chi connectivity index (χ4v) is 2.84. The Kier molecular flexibility index (Phi) is 3.83. The van der Waals surface area contributed by atoms with Crippen molar-refractivity contribution in [1.82, 2.24) is 14.1 Å². The van der Waals surface area contributed by atoms with Crippen molar-refractivity contribution in [2.24, 2.45) is 0 Å². The monoisotopic (exact) mass is 359 g/mol. The molecule has 90 valence electrons. The topological polar surface area (TPSA) is 39.8 Å². The highest BCUT2D eigenvalue weighted by Crippen LogP contribution is 2.12. The van der Waals surface area contributed by atoms with Crippen LogP contribution in [-0.4, -0.2) is 14.1 Å². The molecule has 0 bridgehead atoms. The number of rotatable bonds is 3. The van der Waals surface area contributed by atoms with E-state index >= 15 is 0 Å². The summed E-state index contributed by atoms with van der Waals surface area (Å²) >= 11 is 6.62. The van der Waals surface area contributed by atoms with Gasteiger partial charge in [0.2, 0.25) is 0 Å². The average Bonchev–Trinajstić information content (AvgIpc) is 2.67. The highest BCUT2D eigenvalue weighted by Gasteiger charge is 2.04. The summed E-state index contributed by atoms with van der Waals surface area (Å²) in [5, 5.41) is 0. The molecule has 0 aromatic carbocycles. The lowest BCUT2D eigenvalue weighted by atomic mass is 10.4. The third-order valence-corrected chi connectivity index (χ3v) is 3.52. The molecule has 2 heterocycles. The molecular weight excluding hydrogens is 350 g/mol. The van der Waals surface area contributed by atoms with Gasteiger partial charge in [0.15, 0.2) is 0 Å². The minimum absolute atomic E-state index is 0.0223. The van der Waals surface area contributed by atoms with E-state index in [9.17, 15) is 4.79 Å². The lowest BCUT2D eigenvalue weighted by Gasteiger charge is -2.09. The predicted molar refractivity (Wildman–Crippen MR) is 73.1 cm³/mol. The number of aryl methyl sites for hydroxylation is 3. The Labute approximate surface area is 116 Å². The SMILES string of the molecule is Cc1nccn1CCn1cc(Br)cc(Br)c1=O. The molecule has 2 rings (SSSR count). The zero-order chi connectivity index (χ0) is 12.4. The van der Waals surface area contributed by atoms with Crippen LogP contribution in [0.25, 0.3) is 0 Å². The van der Waals surface area contributed by atoms with Crippen LogP contribution in [0.1, 0.15) is 5.82 Å². The Balaban J connectivity index is 2.20. The first-order chi connectivity index (χ1) is 8.08. The van der Waals surface area contributed by atoms with Crippen molar-refractivity contribution < 1.29 is 0 Å². The molecule has 0 fully saturated rings. The Hall–Kier alpha value is -0.880. The molecule has 17 heavy (non-hydrogen) atoms. The standard InChI is InChI=1S/C11H11Br2N3O/c1-8-14-2-3-15(8)4-5-16-7-9(12)6-10(13)11(16)17/h2-3,6-7H,4-5H2,1H3. The molecule has 0 aliphatic heterocycles. The van der Waals surface area contributed by atoms with E-state index in [1.165, 1.54) is 0 Å². The molecule has 2 aromatic heterocycles. The van der Waals surface area contributed by atoms with Gasteiger partial charge in [-0.1, -0.05) is 0 Å². The summed E-state index contributed by atoms with van der Waals surface area (Å²) < 4.78 is 5.13. The maximum Gasteiger partial charge on any atom is 0.264 e. The molecule has 0 saturated carbocycles. The maximum absolute atomic E-state index is 11.8. The smallest absolute Gasteiger partial charge is 0.264 e. The Morgan fingerprint density at radius 1 is 1.29 bits per heavy atom. The molecule has 0 N–H and O–H groups in total. The van der Waals surface area contributed by atoms with Crippen LogP contribution in [0.3, 0.4) is 0 Å². The van der Waals surface area contributed by atoms with Gasteiger partial charge in [-0.25, -0.2) is 4.98 Å². The number of imidazole rings is 1. The van der Waals surface area contributed by atoms with Crippen molar-refractivity contribution in [3.8, 4) is 0 Å². The second-order valence-electron chi connectivity index (χ2n) is 3.67. The molecule has 0 aliphatic rings. The van der Waals surface area contributed by atoms with E-state index in [1.807, 2.05) is 17.7 Å². The van der Waals surface area contributed by atoms with Gasteiger partial charge >= 0.3 is 0 Å². The van der Waals surface area contributed by atoms with E-state index in [2.05, 4.69) is 36.8 Å². The summed E-state index contributed by atoms with van der Waals surface area (Å²) in [4.78, 5) is 16.0. The molecule has 0 saturated heterocycles. The Morgan fingerprint density at radius 2 is 2.00 bits per heavy atom. The van der Waals surface area contributed by atoms with Gasteiger partial charge in [-0.2, -0.15) is 0 Å². The third kappa shape index (κ3) is 2.87. The number of hydrogen-bond acceptors (Lipinski definition) is 2. The fourth-order valence-electron chi connectivity index (χ4n) is 1.59. The van der Waals surface area contributed by atoms with Crippen LogP contribution in [0, 0.1) is 6.92 Å². The molecular formula is C11H11Br2N3O. The van der Waals surface area contributed by atoms with E-state index in [0.29, 0.717) is 11.0 Å². The van der Waals surface area contributed by atoms with Gasteiger partial charge in [0.1, 0.15) is 5.82 Å². The van der Waals surface area contributed by atoms with E-state index in [0.717, 1.165) is 16.8 Å². The first kappa shape index (κ1) is 12.6. The number of hydrogen-bond donors (Lipinski definition) is 0. The molecule has 0 unspecified atom stereocenters. The van der Waals surface area contributed by atoms with Crippen LogP contribution in [0.15, 0.2) is 38.4 Å². The quantitative estimate of drug-likeness (QED) is 0.843. The first-order valence-corrected chi connectivity index (χ1v) is 6.70. The number of aromatic nitrogens is 3. The molecule has 0 amide bonds. The second-order valence-corrected chi connectivity index (χ2v) is 5.44. The molecule has 0 atom stereocenters. The third-order valence-electron chi connectivity index (χ3n) is 2.51. The van der Waals surface area contributed by atoms with Crippen LogP contribution >= 0.6 is 31.9 Å². The van der Waals surface area contributed by atoms with Gasteiger partial charge in [-0.3, -0.25) is 4.79 Å². The van der Waals surface area contributed by atoms with Gasteiger partial charge < -0.3 is 9.13 Å². The van der Waals surface area contributed by atoms with E-state index in [-0.39, 0.29) is 5.56 Å². The summed E-state index contributed by atoms with van der Waals surface area (Å²) in [5.41, 5.74) is -0.0223. The highest BCUT2D eigenvalue weighted by molar-refractivity contribution is 9.11. The summed E-state index contributed by atoms with van der Waals surface area (Å²) in [7, 11) is 0. The average molecular weight is 361 g/mol. The molecule has 0 radical (unpaired) electrons. The summed E-state index contributed by atoms with van der Waals surface area (Å²) in [6, 6.07) is 1.75. The van der Waals surface area contributed by atoms with Crippen molar-refractivity contribution in [3.63, 3.8) is 0 Å². The van der Waals surface area contributed by atoms with Crippen molar-refractivity contribution >= 4 is 31.9 Å². The molecule has 0 aliphatic carbocycles. The Morgan fingerprint density at radius 3 is 2.65 bits per heavy atom. The largest absolute Gasteiger partial charge is 0.333 e. The van der Waals surface area contributed by atoms with Crippen LogP contribution in [0.2, 0.25) is 0 Å². The van der Waals surface area contributed by atoms with Crippen molar-refractivity contribution in [2.75, 3.05) is 0 Å². The van der Waals surface area contributed by atoms with Crippen molar-refractivity contribution in [2.45, 2.75) is 20.0 Å². The van der Waals surface area contributed by atoms with Gasteiger partial charge in [0.25, 0.3) is 5.56 Å². The number of halogens is 2. The minimum atomic E-state index is -0.0223. The summed E-state index contributed by atoms with van der Waals surface area (Å²) in [6.07, 6.45) is 5.46. The first-order valence-electron chi connectivity index (χ1n) is 5.11. The van der Waals surface area contributed by atoms with E-state index in [4.69, 9.17) is 0 Å². The predicted octanol–water partition coefficient (Wildman–Crippen LogP) is 2.58. The van der Waals surface area contributed by atoms with E-state index < -0.39 is 0 Å². The zero-order valence-electron chi connectivity index (χ0n) is 9.23. The lowest BCUT2D eigenvalue weighted by molar-refractivity contribution is 0.553. The van der Waals surface area contributed by atoms with Gasteiger partial charge in [-0.15, -0.1) is 0 Å².